The molecule has 0 unspecified atom stereocenters. The summed E-state index contributed by atoms with van der Waals surface area (Å²) in [4.78, 5) is 0. The monoisotopic (exact) mass is 464 g/mol. The van der Waals surface area contributed by atoms with Crippen LogP contribution >= 0.6 is 0 Å². The first-order valence-electron chi connectivity index (χ1n) is 11.6. The molecule has 0 radical (unpaired) electrons. The summed E-state index contributed by atoms with van der Waals surface area (Å²) in [5.41, 5.74) is 6.49. The van der Waals surface area contributed by atoms with Crippen molar-refractivity contribution in [1.82, 2.24) is 0 Å². The maximum absolute atomic E-state index is 6.39. The van der Waals surface area contributed by atoms with E-state index in [0.29, 0.717) is 13.2 Å². The molecule has 1 aliphatic heterocycles. The Kier molecular flexibility index (Phi) is 9.48. The second-order valence-corrected chi connectivity index (χ2v) is 14.1. The van der Waals surface area contributed by atoms with Crippen LogP contribution < -0.4 is 0 Å². The smallest absolute Gasteiger partial charge is 0.186 e. The van der Waals surface area contributed by atoms with E-state index in [1.807, 2.05) is 48.5 Å². The highest BCUT2D eigenvalue weighted by Gasteiger charge is 2.43. The molecule has 33 heavy (non-hydrogen) atoms. The minimum Gasteiger partial charge on any atom is -0.366 e. The molecule has 0 amide bonds. The van der Waals surface area contributed by atoms with Crippen molar-refractivity contribution in [2.24, 2.45) is 0 Å². The van der Waals surface area contributed by atoms with E-state index < -0.39 is 20.5 Å². The van der Waals surface area contributed by atoms with Crippen molar-refractivity contribution in [1.29, 1.82) is 0 Å². The fourth-order valence-electron chi connectivity index (χ4n) is 3.73. The van der Waals surface area contributed by atoms with Gasteiger partial charge < -0.3 is 18.9 Å². The van der Waals surface area contributed by atoms with E-state index in [-0.39, 0.29) is 12.2 Å². The molecule has 5 heteroatoms. The Morgan fingerprint density at radius 3 is 2.03 bits per heavy atom. The van der Waals surface area contributed by atoms with Gasteiger partial charge in [0.05, 0.1) is 19.3 Å². The van der Waals surface area contributed by atoms with Gasteiger partial charge in [0.1, 0.15) is 20.3 Å². The van der Waals surface area contributed by atoms with E-state index in [0.717, 1.165) is 29.5 Å². The Bertz CT molecular complexity index is 927. The van der Waals surface area contributed by atoms with Crippen LogP contribution in [-0.2, 0) is 32.2 Å². The van der Waals surface area contributed by atoms with Crippen molar-refractivity contribution in [3.8, 4) is 11.5 Å². The van der Waals surface area contributed by atoms with E-state index in [1.165, 1.54) is 0 Å². The van der Waals surface area contributed by atoms with Gasteiger partial charge in [-0.25, -0.2) is 0 Å². The minimum atomic E-state index is -1.39. The van der Waals surface area contributed by atoms with Crippen LogP contribution in [0.15, 0.2) is 72.8 Å². The quantitative estimate of drug-likeness (QED) is 0.269. The molecule has 1 fully saturated rings. The Hall–Kier alpha value is -2.20. The molecule has 3 rings (SSSR count). The largest absolute Gasteiger partial charge is 0.366 e. The fourth-order valence-corrected chi connectivity index (χ4v) is 4.39. The lowest BCUT2D eigenvalue weighted by molar-refractivity contribution is -0.260. The second-order valence-electron chi connectivity index (χ2n) is 9.37. The molecule has 1 heterocycles. The van der Waals surface area contributed by atoms with E-state index >= 15 is 0 Å². The van der Waals surface area contributed by atoms with E-state index in [2.05, 4.69) is 49.8 Å². The van der Waals surface area contributed by atoms with Gasteiger partial charge in [0.25, 0.3) is 0 Å². The Morgan fingerprint density at radius 1 is 0.909 bits per heavy atom. The van der Waals surface area contributed by atoms with Gasteiger partial charge in [-0.3, -0.25) is 0 Å². The summed E-state index contributed by atoms with van der Waals surface area (Å²) in [5.74, 6) is 3.33. The Labute approximate surface area is 199 Å². The summed E-state index contributed by atoms with van der Waals surface area (Å²) >= 11 is 0. The average molecular weight is 465 g/mol. The van der Waals surface area contributed by atoms with Crippen LogP contribution in [0.2, 0.25) is 19.6 Å². The summed E-state index contributed by atoms with van der Waals surface area (Å²) in [5, 5.41) is 0. The molecule has 0 aromatic heterocycles. The first-order chi connectivity index (χ1) is 15.9. The molecule has 0 bridgehead atoms. The molecule has 0 aliphatic carbocycles. The lowest BCUT2D eigenvalue weighted by Gasteiger charge is -2.42. The zero-order valence-corrected chi connectivity index (χ0v) is 21.3. The number of benzene rings is 2. The van der Waals surface area contributed by atoms with Crippen LogP contribution in [0.5, 0.6) is 0 Å². The van der Waals surface area contributed by atoms with Gasteiger partial charge in [0, 0.05) is 13.5 Å². The zero-order chi connectivity index (χ0) is 23.7. The summed E-state index contributed by atoms with van der Waals surface area (Å²) < 4.78 is 24.7. The highest BCUT2D eigenvalue weighted by Crippen LogP contribution is 2.32. The summed E-state index contributed by atoms with van der Waals surface area (Å²) in [6, 6.07) is 20.2. The molecule has 176 valence electrons. The Morgan fingerprint density at radius 2 is 1.48 bits per heavy atom. The van der Waals surface area contributed by atoms with Crippen molar-refractivity contribution >= 4 is 8.07 Å². The number of methoxy groups -OCH3 is 1. The summed E-state index contributed by atoms with van der Waals surface area (Å²) in [7, 11) is 0.254. The van der Waals surface area contributed by atoms with Crippen molar-refractivity contribution in [3.63, 3.8) is 0 Å². The lowest BCUT2D eigenvalue weighted by atomic mass is 9.93. The molecular formula is C28H36O4Si. The van der Waals surface area contributed by atoms with Crippen molar-refractivity contribution in [2.45, 2.75) is 70.3 Å². The maximum Gasteiger partial charge on any atom is 0.186 e. The van der Waals surface area contributed by atoms with Gasteiger partial charge >= 0.3 is 0 Å². The van der Waals surface area contributed by atoms with Crippen LogP contribution in [0, 0.1) is 11.5 Å². The SMILES string of the molecule is C=C1[C@@H](CCC#C[Si](C)(C)C)O[C@H](OC)[C@H](OCc2ccccc2)[C@H]1OCc1ccccc1. The molecule has 1 saturated heterocycles. The molecule has 2 aromatic carbocycles. The molecule has 0 spiro atoms. The third-order valence-electron chi connectivity index (χ3n) is 5.43. The molecule has 1 aliphatic rings. The third-order valence-corrected chi connectivity index (χ3v) is 6.36. The van der Waals surface area contributed by atoms with Crippen LogP contribution in [0.4, 0.5) is 0 Å². The third kappa shape index (κ3) is 7.96. The molecular weight excluding hydrogens is 428 g/mol. The van der Waals surface area contributed by atoms with Gasteiger partial charge in [0.2, 0.25) is 0 Å². The average Bonchev–Trinajstić information content (AvgIpc) is 2.81. The molecule has 0 saturated carbocycles. The van der Waals surface area contributed by atoms with E-state index in [4.69, 9.17) is 18.9 Å². The van der Waals surface area contributed by atoms with Crippen molar-refractivity contribution < 1.29 is 18.9 Å². The first kappa shape index (κ1) is 25.4. The standard InChI is InChI=1S/C28H36O4Si/c1-22-25(18-12-13-19-33(3,4)5)32-28(29-2)27(31-21-24-16-10-7-11-17-24)26(22)30-20-23-14-8-6-9-15-23/h6-11,14-17,25-28H,1,12,18,20-21H2,2-5H3/t25-,26+,27-,28+/m1/s1. The van der Waals surface area contributed by atoms with Gasteiger partial charge in [0.15, 0.2) is 6.29 Å². The number of hydrogen-bond acceptors (Lipinski definition) is 4. The topological polar surface area (TPSA) is 36.9 Å². The zero-order valence-electron chi connectivity index (χ0n) is 20.3. The lowest BCUT2D eigenvalue weighted by Crippen LogP contribution is -2.52. The molecule has 2 aromatic rings. The van der Waals surface area contributed by atoms with E-state index in [1.54, 1.807) is 7.11 Å². The second kappa shape index (κ2) is 12.3. The van der Waals surface area contributed by atoms with Gasteiger partial charge in [-0.15, -0.1) is 11.5 Å². The normalized spacial score (nSPS) is 23.1. The fraction of sp³-hybridized carbons (Fsp3) is 0.429. The Balaban J connectivity index is 1.74. The predicted molar refractivity (Wildman–Crippen MR) is 135 cm³/mol. The molecule has 4 atom stereocenters. The van der Waals surface area contributed by atoms with E-state index in [9.17, 15) is 0 Å². The van der Waals surface area contributed by atoms with Crippen LogP contribution in [0.25, 0.3) is 0 Å². The molecule has 4 nitrogen and oxygen atoms in total. The number of rotatable bonds is 9. The molecule has 0 N–H and O–H groups in total. The van der Waals surface area contributed by atoms with Gasteiger partial charge in [-0.05, 0) is 23.1 Å². The van der Waals surface area contributed by atoms with Crippen molar-refractivity contribution in [2.75, 3.05) is 7.11 Å². The summed E-state index contributed by atoms with van der Waals surface area (Å²) in [6.07, 6.45) is 0.00875. The van der Waals surface area contributed by atoms with Crippen LogP contribution in [-0.4, -0.2) is 39.8 Å². The van der Waals surface area contributed by atoms with Crippen molar-refractivity contribution in [3.05, 3.63) is 83.9 Å². The highest BCUT2D eigenvalue weighted by atomic mass is 28.3. The number of hydrogen-bond donors (Lipinski definition) is 0. The van der Waals surface area contributed by atoms with Crippen LogP contribution in [0.1, 0.15) is 24.0 Å². The first-order valence-corrected chi connectivity index (χ1v) is 15.1. The maximum atomic E-state index is 6.39. The number of ether oxygens (including phenoxy) is 4. The van der Waals surface area contributed by atoms with Gasteiger partial charge in [-0.2, -0.15) is 0 Å². The highest BCUT2D eigenvalue weighted by molar-refractivity contribution is 6.83. The summed E-state index contributed by atoms with van der Waals surface area (Å²) in [6.45, 7) is 12.0. The minimum absolute atomic E-state index is 0.191. The predicted octanol–water partition coefficient (Wildman–Crippen LogP) is 5.75. The van der Waals surface area contributed by atoms with Gasteiger partial charge in [-0.1, -0.05) is 86.9 Å². The van der Waals surface area contributed by atoms with Crippen LogP contribution in [0.3, 0.4) is 0 Å².